The second-order valence-corrected chi connectivity index (χ2v) is 7.08. The summed E-state index contributed by atoms with van der Waals surface area (Å²) in [4.78, 5) is 33.9. The van der Waals surface area contributed by atoms with Gasteiger partial charge < -0.3 is 4.90 Å². The number of hydrogen-bond acceptors (Lipinski definition) is 4. The highest BCUT2D eigenvalue weighted by Crippen LogP contribution is 2.34. The van der Waals surface area contributed by atoms with Crippen molar-refractivity contribution in [3.63, 3.8) is 0 Å². The number of amides is 2. The maximum Gasteiger partial charge on any atom is 0.278 e. The maximum absolute atomic E-state index is 13.3. The third kappa shape index (κ3) is 3.65. The highest BCUT2D eigenvalue weighted by atomic mass is 35.5. The van der Waals surface area contributed by atoms with E-state index in [1.165, 1.54) is 4.90 Å². The normalized spacial score (nSPS) is 13.9. The Bertz CT molecular complexity index is 1080. The molecule has 144 valence electrons. The van der Waals surface area contributed by atoms with E-state index in [4.69, 9.17) is 11.6 Å². The number of halogens is 1. The minimum absolute atomic E-state index is 0.113. The SMILES string of the molecule is CN(C1=C(c2ccc(Cl)cc2)C(=O)N(Cc2ccccn2)C1=O)c1ccccc1. The van der Waals surface area contributed by atoms with E-state index < -0.39 is 0 Å². The van der Waals surface area contributed by atoms with Crippen molar-refractivity contribution < 1.29 is 9.59 Å². The summed E-state index contributed by atoms with van der Waals surface area (Å²) in [6.07, 6.45) is 1.64. The smallest absolute Gasteiger partial charge is 0.278 e. The molecule has 0 saturated carbocycles. The van der Waals surface area contributed by atoms with Crippen LogP contribution in [0.15, 0.2) is 84.7 Å². The molecule has 0 atom stereocenters. The van der Waals surface area contributed by atoms with Gasteiger partial charge in [-0.2, -0.15) is 0 Å². The standard InChI is InChI=1S/C23H18ClN3O2/c1-26(19-8-3-2-4-9-19)21-20(16-10-12-17(24)13-11-16)22(28)27(23(21)29)15-18-7-5-6-14-25-18/h2-14H,15H2,1H3. The van der Waals surface area contributed by atoms with E-state index in [1.807, 2.05) is 36.4 Å². The van der Waals surface area contributed by atoms with Crippen LogP contribution in [0.3, 0.4) is 0 Å². The van der Waals surface area contributed by atoms with Gasteiger partial charge in [0, 0.05) is 24.0 Å². The lowest BCUT2D eigenvalue weighted by molar-refractivity contribution is -0.137. The van der Waals surface area contributed by atoms with Crippen molar-refractivity contribution in [2.75, 3.05) is 11.9 Å². The molecule has 1 aliphatic heterocycles. The van der Waals surface area contributed by atoms with Gasteiger partial charge in [-0.1, -0.05) is 48.0 Å². The number of para-hydroxylation sites is 1. The van der Waals surface area contributed by atoms with E-state index in [1.54, 1.807) is 54.5 Å². The van der Waals surface area contributed by atoms with Crippen LogP contribution < -0.4 is 4.90 Å². The zero-order valence-electron chi connectivity index (χ0n) is 15.7. The number of likely N-dealkylation sites (N-methyl/N-ethyl adjacent to an activating group) is 1. The third-order valence-electron chi connectivity index (χ3n) is 4.80. The second kappa shape index (κ2) is 7.89. The van der Waals surface area contributed by atoms with E-state index >= 15 is 0 Å². The molecule has 0 saturated heterocycles. The summed E-state index contributed by atoms with van der Waals surface area (Å²) in [5, 5.41) is 0.564. The molecular formula is C23H18ClN3O2. The number of anilines is 1. The fourth-order valence-corrected chi connectivity index (χ4v) is 3.46. The Morgan fingerprint density at radius 3 is 2.24 bits per heavy atom. The average molecular weight is 404 g/mol. The Balaban J connectivity index is 1.79. The van der Waals surface area contributed by atoms with Crippen LogP contribution >= 0.6 is 11.6 Å². The molecule has 0 bridgehead atoms. The minimum atomic E-state index is -0.350. The number of aromatic nitrogens is 1. The average Bonchev–Trinajstić information content (AvgIpc) is 3.00. The fraction of sp³-hybridized carbons (Fsp3) is 0.0870. The highest BCUT2D eigenvalue weighted by molar-refractivity contribution is 6.37. The molecule has 6 heteroatoms. The number of imide groups is 1. The van der Waals surface area contributed by atoms with Gasteiger partial charge in [-0.3, -0.25) is 19.5 Å². The quantitative estimate of drug-likeness (QED) is 0.600. The van der Waals surface area contributed by atoms with Crippen molar-refractivity contribution in [3.05, 3.63) is 101 Å². The topological polar surface area (TPSA) is 53.5 Å². The summed E-state index contributed by atoms with van der Waals surface area (Å²) < 4.78 is 0. The number of carbonyl (C=O) groups is 2. The summed E-state index contributed by atoms with van der Waals surface area (Å²) >= 11 is 6.02. The van der Waals surface area contributed by atoms with E-state index in [2.05, 4.69) is 4.98 Å². The second-order valence-electron chi connectivity index (χ2n) is 6.64. The van der Waals surface area contributed by atoms with E-state index in [0.717, 1.165) is 5.69 Å². The van der Waals surface area contributed by atoms with Crippen LogP contribution in [0, 0.1) is 0 Å². The first-order valence-corrected chi connectivity index (χ1v) is 9.49. The molecule has 0 N–H and O–H groups in total. The predicted octanol–water partition coefficient (Wildman–Crippen LogP) is 4.15. The number of nitrogens with zero attached hydrogens (tertiary/aromatic N) is 3. The minimum Gasteiger partial charge on any atom is -0.339 e. The molecule has 0 unspecified atom stereocenters. The van der Waals surface area contributed by atoms with Crippen molar-refractivity contribution in [1.29, 1.82) is 0 Å². The molecule has 29 heavy (non-hydrogen) atoms. The third-order valence-corrected chi connectivity index (χ3v) is 5.05. The Morgan fingerprint density at radius 2 is 1.59 bits per heavy atom. The Kier molecular flexibility index (Phi) is 5.14. The van der Waals surface area contributed by atoms with Gasteiger partial charge in [0.1, 0.15) is 5.70 Å². The van der Waals surface area contributed by atoms with Crippen LogP contribution in [-0.4, -0.2) is 28.7 Å². The number of rotatable bonds is 5. The van der Waals surface area contributed by atoms with Crippen molar-refractivity contribution in [2.24, 2.45) is 0 Å². The Labute approximate surface area is 173 Å². The zero-order valence-corrected chi connectivity index (χ0v) is 16.5. The number of hydrogen-bond donors (Lipinski definition) is 0. The molecule has 2 heterocycles. The van der Waals surface area contributed by atoms with Gasteiger partial charge in [0.25, 0.3) is 11.8 Å². The Hall–Kier alpha value is -3.44. The van der Waals surface area contributed by atoms with Gasteiger partial charge in [-0.25, -0.2) is 0 Å². The predicted molar refractivity (Wildman–Crippen MR) is 113 cm³/mol. The van der Waals surface area contributed by atoms with Gasteiger partial charge in [-0.05, 0) is 42.0 Å². The molecule has 0 aliphatic carbocycles. The van der Waals surface area contributed by atoms with E-state index in [-0.39, 0.29) is 18.4 Å². The summed E-state index contributed by atoms with van der Waals surface area (Å²) in [5.74, 6) is -0.697. The monoisotopic (exact) mass is 403 g/mol. The first kappa shape index (κ1) is 18.9. The first-order valence-electron chi connectivity index (χ1n) is 9.11. The van der Waals surface area contributed by atoms with Gasteiger partial charge in [0.15, 0.2) is 0 Å². The van der Waals surface area contributed by atoms with Gasteiger partial charge in [-0.15, -0.1) is 0 Å². The summed E-state index contributed by atoms with van der Waals surface area (Å²) in [7, 11) is 1.79. The molecule has 4 rings (SSSR count). The summed E-state index contributed by atoms with van der Waals surface area (Å²) in [6, 6.07) is 21.8. The molecule has 2 amide bonds. The molecule has 1 aromatic heterocycles. The lowest BCUT2D eigenvalue weighted by Gasteiger charge is -2.21. The van der Waals surface area contributed by atoms with Crippen LogP contribution in [0.2, 0.25) is 5.02 Å². The van der Waals surface area contributed by atoms with Crippen LogP contribution in [0.5, 0.6) is 0 Å². The van der Waals surface area contributed by atoms with Crippen LogP contribution in [0.1, 0.15) is 11.3 Å². The largest absolute Gasteiger partial charge is 0.339 e. The molecule has 0 spiro atoms. The lowest BCUT2D eigenvalue weighted by Crippen LogP contribution is -2.34. The summed E-state index contributed by atoms with van der Waals surface area (Å²) in [5.41, 5.74) is 2.80. The molecule has 3 aromatic rings. The molecule has 0 radical (unpaired) electrons. The van der Waals surface area contributed by atoms with E-state index in [9.17, 15) is 9.59 Å². The highest BCUT2D eigenvalue weighted by Gasteiger charge is 2.41. The van der Waals surface area contributed by atoms with Crippen LogP contribution in [0.25, 0.3) is 5.57 Å². The maximum atomic E-state index is 13.3. The van der Waals surface area contributed by atoms with Gasteiger partial charge >= 0.3 is 0 Å². The van der Waals surface area contributed by atoms with Crippen LogP contribution in [0.4, 0.5) is 5.69 Å². The Morgan fingerprint density at radius 1 is 0.897 bits per heavy atom. The zero-order chi connectivity index (χ0) is 20.4. The van der Waals surface area contributed by atoms with Gasteiger partial charge in [0.05, 0.1) is 17.8 Å². The molecule has 1 aliphatic rings. The number of pyridine rings is 1. The van der Waals surface area contributed by atoms with Crippen LogP contribution in [-0.2, 0) is 16.1 Å². The molecule has 0 fully saturated rings. The fourth-order valence-electron chi connectivity index (χ4n) is 3.33. The van der Waals surface area contributed by atoms with Crippen molar-refractivity contribution in [3.8, 4) is 0 Å². The first-order chi connectivity index (χ1) is 14.1. The summed E-state index contributed by atoms with van der Waals surface area (Å²) in [6.45, 7) is 0.113. The van der Waals surface area contributed by atoms with E-state index in [0.29, 0.717) is 27.6 Å². The lowest BCUT2D eigenvalue weighted by atomic mass is 10.0. The van der Waals surface area contributed by atoms with Gasteiger partial charge in [0.2, 0.25) is 0 Å². The molecular weight excluding hydrogens is 386 g/mol. The molecule has 5 nitrogen and oxygen atoms in total. The number of benzene rings is 2. The number of carbonyl (C=O) groups excluding carboxylic acids is 2. The molecule has 2 aromatic carbocycles. The van der Waals surface area contributed by atoms with Crippen molar-refractivity contribution in [1.82, 2.24) is 9.88 Å². The van der Waals surface area contributed by atoms with Crippen molar-refractivity contribution in [2.45, 2.75) is 6.54 Å². The van der Waals surface area contributed by atoms with Crippen molar-refractivity contribution >= 4 is 34.7 Å².